The van der Waals surface area contributed by atoms with Crippen molar-refractivity contribution in [3.05, 3.63) is 106 Å². The Labute approximate surface area is 205 Å². The molecule has 0 bridgehead atoms. The minimum absolute atomic E-state index is 0.00995. The van der Waals surface area contributed by atoms with Crippen LogP contribution in [0.15, 0.2) is 78.9 Å². The standard InChI is InChI=1S/C28H30ClFN2O2/c1-3-20(2)31-28(34)26(17-21-11-5-4-6-12-21)32(19-23-14-8-10-16-25(23)30)27(33)18-22-13-7-9-15-24(22)29/h4-16,20,26H,3,17-19H2,1-2H3,(H,31,34)/t20-,26+/m1/s1. The van der Waals surface area contributed by atoms with Gasteiger partial charge in [0.05, 0.1) is 6.42 Å². The molecule has 0 radical (unpaired) electrons. The van der Waals surface area contributed by atoms with E-state index < -0.39 is 11.9 Å². The maximum atomic E-state index is 14.6. The van der Waals surface area contributed by atoms with Crippen LogP contribution in [0.4, 0.5) is 4.39 Å². The molecule has 0 aliphatic rings. The molecule has 4 nitrogen and oxygen atoms in total. The highest BCUT2D eigenvalue weighted by Gasteiger charge is 2.31. The van der Waals surface area contributed by atoms with E-state index in [4.69, 9.17) is 11.6 Å². The first-order valence-corrected chi connectivity index (χ1v) is 11.9. The van der Waals surface area contributed by atoms with Crippen LogP contribution >= 0.6 is 11.6 Å². The summed E-state index contributed by atoms with van der Waals surface area (Å²) in [6.45, 7) is 3.88. The Morgan fingerprint density at radius 2 is 1.56 bits per heavy atom. The molecular weight excluding hydrogens is 451 g/mol. The minimum atomic E-state index is -0.814. The smallest absolute Gasteiger partial charge is 0.243 e. The first-order chi connectivity index (χ1) is 16.4. The van der Waals surface area contributed by atoms with Gasteiger partial charge in [0.15, 0.2) is 0 Å². The minimum Gasteiger partial charge on any atom is -0.352 e. The summed E-state index contributed by atoms with van der Waals surface area (Å²) in [7, 11) is 0. The number of hydrogen-bond donors (Lipinski definition) is 1. The summed E-state index contributed by atoms with van der Waals surface area (Å²) in [6, 6.07) is 22.1. The molecule has 0 aliphatic heterocycles. The van der Waals surface area contributed by atoms with Crippen molar-refractivity contribution in [2.75, 3.05) is 0 Å². The lowest BCUT2D eigenvalue weighted by atomic mass is 10.0. The van der Waals surface area contributed by atoms with E-state index in [9.17, 15) is 14.0 Å². The van der Waals surface area contributed by atoms with Gasteiger partial charge in [-0.1, -0.05) is 85.3 Å². The lowest BCUT2D eigenvalue weighted by Gasteiger charge is -2.32. The number of benzene rings is 3. The number of carbonyl (C=O) groups is 2. The summed E-state index contributed by atoms with van der Waals surface area (Å²) < 4.78 is 14.6. The van der Waals surface area contributed by atoms with Crippen LogP contribution in [0.25, 0.3) is 0 Å². The Hall–Kier alpha value is -3.18. The summed E-state index contributed by atoms with van der Waals surface area (Å²) in [4.78, 5) is 28.5. The largest absolute Gasteiger partial charge is 0.352 e. The van der Waals surface area contributed by atoms with Gasteiger partial charge in [0.25, 0.3) is 0 Å². The van der Waals surface area contributed by atoms with E-state index in [1.54, 1.807) is 36.4 Å². The van der Waals surface area contributed by atoms with Crippen LogP contribution in [0.1, 0.15) is 37.0 Å². The third-order valence-electron chi connectivity index (χ3n) is 5.87. The summed E-state index contributed by atoms with van der Waals surface area (Å²) in [5.74, 6) is -0.975. The van der Waals surface area contributed by atoms with Crippen LogP contribution in [-0.4, -0.2) is 28.8 Å². The number of amides is 2. The van der Waals surface area contributed by atoms with Crippen LogP contribution in [0.3, 0.4) is 0 Å². The number of nitrogens with zero attached hydrogens (tertiary/aromatic N) is 1. The van der Waals surface area contributed by atoms with Crippen molar-refractivity contribution in [2.24, 2.45) is 0 Å². The summed E-state index contributed by atoms with van der Waals surface area (Å²) >= 11 is 6.31. The zero-order chi connectivity index (χ0) is 24.5. The normalized spacial score (nSPS) is 12.6. The second kappa shape index (κ2) is 12.3. The number of halogens is 2. The molecule has 0 aromatic heterocycles. The molecule has 0 aliphatic carbocycles. The predicted octanol–water partition coefficient (Wildman–Crippen LogP) is 5.58. The summed E-state index contributed by atoms with van der Waals surface area (Å²) in [5, 5.41) is 3.49. The van der Waals surface area contributed by atoms with Gasteiger partial charge in [-0.3, -0.25) is 9.59 Å². The van der Waals surface area contributed by atoms with Gasteiger partial charge in [0.1, 0.15) is 11.9 Å². The lowest BCUT2D eigenvalue weighted by molar-refractivity contribution is -0.141. The molecule has 3 aromatic rings. The molecule has 178 valence electrons. The third kappa shape index (κ3) is 6.91. The van der Waals surface area contributed by atoms with Crippen LogP contribution in [-0.2, 0) is 29.0 Å². The Morgan fingerprint density at radius 3 is 2.21 bits per heavy atom. The van der Waals surface area contributed by atoms with Crippen molar-refractivity contribution in [1.82, 2.24) is 10.2 Å². The van der Waals surface area contributed by atoms with E-state index in [1.165, 1.54) is 11.0 Å². The van der Waals surface area contributed by atoms with E-state index in [0.29, 0.717) is 22.6 Å². The van der Waals surface area contributed by atoms with E-state index in [2.05, 4.69) is 5.32 Å². The van der Waals surface area contributed by atoms with Crippen LogP contribution in [0.2, 0.25) is 5.02 Å². The van der Waals surface area contributed by atoms with Crippen molar-refractivity contribution in [3.8, 4) is 0 Å². The number of carbonyl (C=O) groups excluding carboxylic acids is 2. The Balaban J connectivity index is 2.00. The maximum absolute atomic E-state index is 14.6. The van der Waals surface area contributed by atoms with Crippen molar-refractivity contribution in [1.29, 1.82) is 0 Å². The predicted molar refractivity (Wildman–Crippen MR) is 134 cm³/mol. The monoisotopic (exact) mass is 480 g/mol. The lowest BCUT2D eigenvalue weighted by Crippen LogP contribution is -2.52. The molecule has 34 heavy (non-hydrogen) atoms. The Morgan fingerprint density at radius 1 is 0.941 bits per heavy atom. The zero-order valence-electron chi connectivity index (χ0n) is 19.5. The molecule has 2 amide bonds. The molecular formula is C28H30ClFN2O2. The van der Waals surface area contributed by atoms with Gasteiger partial charge < -0.3 is 10.2 Å². The highest BCUT2D eigenvalue weighted by atomic mass is 35.5. The SMILES string of the molecule is CC[C@@H](C)NC(=O)[C@H](Cc1ccccc1)N(Cc1ccccc1F)C(=O)Cc1ccccc1Cl. The molecule has 0 fully saturated rings. The fraction of sp³-hybridized carbons (Fsp3) is 0.286. The van der Waals surface area contributed by atoms with Gasteiger partial charge in [0, 0.05) is 29.6 Å². The van der Waals surface area contributed by atoms with Gasteiger partial charge >= 0.3 is 0 Å². The molecule has 2 atom stereocenters. The summed E-state index contributed by atoms with van der Waals surface area (Å²) in [6.07, 6.45) is 1.08. The fourth-order valence-corrected chi connectivity index (χ4v) is 3.91. The van der Waals surface area contributed by atoms with E-state index in [1.807, 2.05) is 50.2 Å². The molecule has 0 spiro atoms. The Kier molecular flexibility index (Phi) is 9.23. The Bertz CT molecular complexity index is 1110. The molecule has 3 rings (SSSR count). The van der Waals surface area contributed by atoms with Gasteiger partial charge in [-0.25, -0.2) is 4.39 Å². The molecule has 1 N–H and O–H groups in total. The van der Waals surface area contributed by atoms with E-state index in [0.717, 1.165) is 12.0 Å². The van der Waals surface area contributed by atoms with Crippen molar-refractivity contribution >= 4 is 23.4 Å². The number of nitrogens with one attached hydrogen (secondary N) is 1. The summed E-state index contributed by atoms with van der Waals surface area (Å²) in [5.41, 5.74) is 1.92. The second-order valence-corrected chi connectivity index (χ2v) is 8.81. The van der Waals surface area contributed by atoms with Gasteiger partial charge in [-0.2, -0.15) is 0 Å². The molecule has 0 unspecified atom stereocenters. The third-order valence-corrected chi connectivity index (χ3v) is 6.24. The quantitative estimate of drug-likeness (QED) is 0.412. The van der Waals surface area contributed by atoms with Crippen LogP contribution in [0.5, 0.6) is 0 Å². The second-order valence-electron chi connectivity index (χ2n) is 8.40. The molecule has 3 aromatic carbocycles. The average Bonchev–Trinajstić information content (AvgIpc) is 2.84. The number of hydrogen-bond acceptors (Lipinski definition) is 2. The van der Waals surface area contributed by atoms with Gasteiger partial charge in [-0.15, -0.1) is 0 Å². The topological polar surface area (TPSA) is 49.4 Å². The van der Waals surface area contributed by atoms with Crippen LogP contribution < -0.4 is 5.32 Å². The van der Waals surface area contributed by atoms with E-state index in [-0.39, 0.29) is 30.8 Å². The average molecular weight is 481 g/mol. The highest BCUT2D eigenvalue weighted by molar-refractivity contribution is 6.31. The van der Waals surface area contributed by atoms with Crippen LogP contribution in [0, 0.1) is 5.82 Å². The van der Waals surface area contributed by atoms with Crippen molar-refractivity contribution < 1.29 is 14.0 Å². The fourth-order valence-electron chi connectivity index (χ4n) is 3.71. The van der Waals surface area contributed by atoms with Gasteiger partial charge in [0.2, 0.25) is 11.8 Å². The molecule has 0 saturated heterocycles. The van der Waals surface area contributed by atoms with Crippen molar-refractivity contribution in [3.63, 3.8) is 0 Å². The van der Waals surface area contributed by atoms with E-state index >= 15 is 0 Å². The first kappa shape index (κ1) is 25.4. The maximum Gasteiger partial charge on any atom is 0.243 e. The zero-order valence-corrected chi connectivity index (χ0v) is 20.3. The number of rotatable bonds is 10. The van der Waals surface area contributed by atoms with Gasteiger partial charge in [-0.05, 0) is 36.6 Å². The molecule has 0 heterocycles. The highest BCUT2D eigenvalue weighted by Crippen LogP contribution is 2.21. The van der Waals surface area contributed by atoms with Crippen molar-refractivity contribution in [2.45, 2.75) is 51.7 Å². The molecule has 0 saturated carbocycles. The first-order valence-electron chi connectivity index (χ1n) is 11.5. The molecule has 6 heteroatoms.